The van der Waals surface area contributed by atoms with Gasteiger partial charge in [0.25, 0.3) is 0 Å². The number of likely N-dealkylation sites (tertiary alicyclic amines) is 2. The number of carbonyl (C=O) groups excluding carboxylic acids is 1. The number of hydrogen-bond acceptors (Lipinski definition) is 3. The van der Waals surface area contributed by atoms with E-state index in [2.05, 4.69) is 41.3 Å². The molecule has 26 heavy (non-hydrogen) atoms. The van der Waals surface area contributed by atoms with Crippen LogP contribution in [0, 0.1) is 5.92 Å². The predicted octanol–water partition coefficient (Wildman–Crippen LogP) is 2.29. The molecule has 6 nitrogen and oxygen atoms in total. The lowest BCUT2D eigenvalue weighted by Gasteiger charge is -2.43. The number of rotatable bonds is 5. The maximum Gasteiger partial charge on any atom is 0.222 e. The Morgan fingerprint density at radius 2 is 1.96 bits per heavy atom. The molecule has 0 spiro atoms. The number of aliphatic imine (C=N–C) groups is 1. The van der Waals surface area contributed by atoms with Gasteiger partial charge in [0.2, 0.25) is 5.91 Å². The second-order valence-electron chi connectivity index (χ2n) is 8.25. The molecule has 0 aromatic heterocycles. The molecule has 0 radical (unpaired) electrons. The van der Waals surface area contributed by atoms with E-state index in [9.17, 15) is 4.79 Å². The van der Waals surface area contributed by atoms with Crippen molar-refractivity contribution in [2.45, 2.75) is 65.0 Å². The number of guanidine groups is 1. The Morgan fingerprint density at radius 1 is 1.23 bits per heavy atom. The number of halogens is 1. The van der Waals surface area contributed by atoms with Gasteiger partial charge in [0, 0.05) is 51.2 Å². The third-order valence-electron chi connectivity index (χ3n) is 5.61. The third kappa shape index (κ3) is 6.55. The molecule has 2 N–H and O–H groups in total. The zero-order chi connectivity index (χ0) is 18.4. The summed E-state index contributed by atoms with van der Waals surface area (Å²) < 4.78 is 0. The van der Waals surface area contributed by atoms with Crippen molar-refractivity contribution in [1.82, 2.24) is 20.4 Å². The van der Waals surface area contributed by atoms with Crippen LogP contribution in [0.3, 0.4) is 0 Å². The molecule has 2 unspecified atom stereocenters. The molecule has 2 rings (SSSR count). The maximum absolute atomic E-state index is 11.8. The molecule has 0 aromatic carbocycles. The minimum atomic E-state index is 0. The van der Waals surface area contributed by atoms with E-state index in [0.717, 1.165) is 37.9 Å². The number of nitrogens with zero attached hydrogens (tertiary/aromatic N) is 3. The van der Waals surface area contributed by atoms with Crippen LogP contribution in [-0.4, -0.2) is 73.0 Å². The number of piperidine rings is 1. The Hall–Kier alpha value is -0.570. The van der Waals surface area contributed by atoms with Crippen molar-refractivity contribution in [2.75, 3.05) is 39.8 Å². The second-order valence-corrected chi connectivity index (χ2v) is 8.25. The molecule has 2 fully saturated rings. The van der Waals surface area contributed by atoms with E-state index < -0.39 is 0 Å². The summed E-state index contributed by atoms with van der Waals surface area (Å²) in [6.07, 6.45) is 4.21. The first-order valence-electron chi connectivity index (χ1n) is 9.85. The van der Waals surface area contributed by atoms with Crippen LogP contribution in [0.1, 0.15) is 53.4 Å². The monoisotopic (exact) mass is 479 g/mol. The molecule has 7 heteroatoms. The second kappa shape index (κ2) is 10.7. The lowest BCUT2D eigenvalue weighted by atomic mass is 9.93. The molecular formula is C19H38IN5O. The first-order chi connectivity index (χ1) is 11.9. The van der Waals surface area contributed by atoms with Crippen molar-refractivity contribution >= 4 is 35.8 Å². The molecule has 0 aliphatic carbocycles. The van der Waals surface area contributed by atoms with Gasteiger partial charge in [0.05, 0.1) is 0 Å². The fourth-order valence-electron chi connectivity index (χ4n) is 3.87. The van der Waals surface area contributed by atoms with Gasteiger partial charge in [-0.05, 0) is 45.6 Å². The zero-order valence-electron chi connectivity index (χ0n) is 17.2. The molecule has 2 heterocycles. The smallest absolute Gasteiger partial charge is 0.222 e. The summed E-state index contributed by atoms with van der Waals surface area (Å²) in [5.41, 5.74) is 0.103. The topological polar surface area (TPSA) is 60.0 Å². The van der Waals surface area contributed by atoms with Crippen molar-refractivity contribution < 1.29 is 4.79 Å². The van der Waals surface area contributed by atoms with Gasteiger partial charge < -0.3 is 15.5 Å². The van der Waals surface area contributed by atoms with Gasteiger partial charge >= 0.3 is 0 Å². The van der Waals surface area contributed by atoms with E-state index in [-0.39, 0.29) is 35.4 Å². The lowest BCUT2D eigenvalue weighted by Crippen LogP contribution is -2.56. The van der Waals surface area contributed by atoms with Gasteiger partial charge in [-0.1, -0.05) is 13.8 Å². The average Bonchev–Trinajstić information content (AvgIpc) is 3.06. The first-order valence-corrected chi connectivity index (χ1v) is 9.85. The molecule has 0 aromatic rings. The Labute approximate surface area is 176 Å². The third-order valence-corrected chi connectivity index (χ3v) is 5.61. The largest absolute Gasteiger partial charge is 0.355 e. The van der Waals surface area contributed by atoms with Gasteiger partial charge in [0.1, 0.15) is 0 Å². The summed E-state index contributed by atoms with van der Waals surface area (Å²) in [6, 6.07) is 0.292. The molecule has 2 aliphatic rings. The SMILES string of the molecule is CCC(=O)N1CCC(NC(=NC)NCC(C)(C)N2CCCC(C)C2)C1.I. The van der Waals surface area contributed by atoms with Gasteiger partial charge in [-0.3, -0.25) is 14.7 Å². The van der Waals surface area contributed by atoms with Gasteiger partial charge in [-0.15, -0.1) is 24.0 Å². The van der Waals surface area contributed by atoms with Crippen molar-refractivity contribution in [3.63, 3.8) is 0 Å². The van der Waals surface area contributed by atoms with Crippen molar-refractivity contribution in [2.24, 2.45) is 10.9 Å². The quantitative estimate of drug-likeness (QED) is 0.361. The molecule has 2 atom stereocenters. The standard InChI is InChI=1S/C19H37N5O.HI/c1-6-17(25)23-11-9-16(13-23)22-18(20-5)21-14-19(3,4)24-10-7-8-15(2)12-24;/h15-16H,6-14H2,1-5H3,(H2,20,21,22);1H. The van der Waals surface area contributed by atoms with E-state index in [1.807, 2.05) is 18.9 Å². The first kappa shape index (κ1) is 23.5. The Balaban J connectivity index is 0.00000338. The number of hydrogen-bond donors (Lipinski definition) is 2. The highest BCUT2D eigenvalue weighted by atomic mass is 127. The van der Waals surface area contributed by atoms with Crippen molar-refractivity contribution in [3.8, 4) is 0 Å². The fourth-order valence-corrected chi connectivity index (χ4v) is 3.87. The Morgan fingerprint density at radius 3 is 2.58 bits per heavy atom. The van der Waals surface area contributed by atoms with Gasteiger partial charge in [-0.25, -0.2) is 0 Å². The van der Waals surface area contributed by atoms with Crippen LogP contribution >= 0.6 is 24.0 Å². The lowest BCUT2D eigenvalue weighted by molar-refractivity contribution is -0.129. The summed E-state index contributed by atoms with van der Waals surface area (Å²) >= 11 is 0. The summed E-state index contributed by atoms with van der Waals surface area (Å²) in [5.74, 6) is 1.87. The summed E-state index contributed by atoms with van der Waals surface area (Å²) in [6.45, 7) is 13.7. The van der Waals surface area contributed by atoms with Crippen LogP contribution in [0.4, 0.5) is 0 Å². The van der Waals surface area contributed by atoms with E-state index in [1.165, 1.54) is 25.9 Å². The van der Waals surface area contributed by atoms with Crippen LogP contribution in [0.15, 0.2) is 4.99 Å². The van der Waals surface area contributed by atoms with Crippen LogP contribution < -0.4 is 10.6 Å². The highest BCUT2D eigenvalue weighted by molar-refractivity contribution is 14.0. The van der Waals surface area contributed by atoms with Gasteiger partial charge in [0.15, 0.2) is 5.96 Å². The number of amides is 1. The van der Waals surface area contributed by atoms with Crippen LogP contribution in [-0.2, 0) is 4.79 Å². The van der Waals surface area contributed by atoms with Crippen molar-refractivity contribution in [3.05, 3.63) is 0 Å². The summed E-state index contributed by atoms with van der Waals surface area (Å²) in [4.78, 5) is 20.7. The minimum absolute atomic E-state index is 0. The average molecular weight is 479 g/mol. The molecule has 0 bridgehead atoms. The van der Waals surface area contributed by atoms with E-state index in [0.29, 0.717) is 12.5 Å². The van der Waals surface area contributed by atoms with Crippen LogP contribution in [0.25, 0.3) is 0 Å². The summed E-state index contributed by atoms with van der Waals surface area (Å²) in [7, 11) is 1.81. The normalized spacial score (nSPS) is 25.0. The summed E-state index contributed by atoms with van der Waals surface area (Å²) in [5, 5.41) is 6.99. The molecule has 152 valence electrons. The number of carbonyl (C=O) groups is 1. The highest BCUT2D eigenvalue weighted by Gasteiger charge is 2.31. The number of nitrogens with one attached hydrogen (secondary N) is 2. The highest BCUT2D eigenvalue weighted by Crippen LogP contribution is 2.23. The Kier molecular flexibility index (Phi) is 9.64. The maximum atomic E-state index is 11.8. The Bertz CT molecular complexity index is 483. The molecule has 0 saturated carbocycles. The van der Waals surface area contributed by atoms with Crippen LogP contribution in [0.5, 0.6) is 0 Å². The van der Waals surface area contributed by atoms with Crippen molar-refractivity contribution in [1.29, 1.82) is 0 Å². The molecule has 2 saturated heterocycles. The van der Waals surface area contributed by atoms with E-state index >= 15 is 0 Å². The zero-order valence-corrected chi connectivity index (χ0v) is 19.5. The predicted molar refractivity (Wildman–Crippen MR) is 119 cm³/mol. The van der Waals surface area contributed by atoms with Crippen LogP contribution in [0.2, 0.25) is 0 Å². The minimum Gasteiger partial charge on any atom is -0.355 e. The van der Waals surface area contributed by atoms with E-state index in [4.69, 9.17) is 0 Å². The van der Waals surface area contributed by atoms with E-state index in [1.54, 1.807) is 0 Å². The molecule has 1 amide bonds. The molecule has 2 aliphatic heterocycles. The van der Waals surface area contributed by atoms with Gasteiger partial charge in [-0.2, -0.15) is 0 Å². The molecular weight excluding hydrogens is 441 g/mol. The fraction of sp³-hybridized carbons (Fsp3) is 0.895.